The van der Waals surface area contributed by atoms with Crippen LogP contribution in [0.1, 0.15) is 0 Å². The predicted octanol–water partition coefficient (Wildman–Crippen LogP) is -1.41. The highest BCUT2D eigenvalue weighted by molar-refractivity contribution is 7.99. The fourth-order valence-corrected chi connectivity index (χ4v) is 0.957. The Labute approximate surface area is 55.9 Å². The average molecular weight is 196 g/mol. The first-order valence-corrected chi connectivity index (χ1v) is 4.28. The summed E-state index contributed by atoms with van der Waals surface area (Å²) in [7, 11) is -11.4. The molecule has 0 saturated heterocycles. The van der Waals surface area contributed by atoms with Gasteiger partial charge in [-0.15, -0.1) is 0 Å². The first kappa shape index (κ1) is 9.68. The van der Waals surface area contributed by atoms with Gasteiger partial charge in [-0.1, -0.05) is 7.77 Å². The van der Waals surface area contributed by atoms with Crippen LogP contribution in [0.4, 0.5) is 7.77 Å². The number of rotatable bonds is 2. The summed E-state index contributed by atoms with van der Waals surface area (Å²) in [4.78, 5) is 0. The highest BCUT2D eigenvalue weighted by Gasteiger charge is 2.30. The molecule has 0 bridgehead atoms. The third kappa shape index (κ3) is 2.51. The van der Waals surface area contributed by atoms with Crippen LogP contribution in [0.2, 0.25) is 0 Å². The molecule has 0 unspecified atom stereocenters. The Morgan fingerprint density at radius 3 is 1.20 bits per heavy atom. The number of nitrogens with two attached hydrogens (primary N) is 1. The summed E-state index contributed by atoms with van der Waals surface area (Å²) in [5, 5.41) is 0. The van der Waals surface area contributed by atoms with Crippen molar-refractivity contribution in [1.82, 2.24) is 3.82 Å². The summed E-state index contributed by atoms with van der Waals surface area (Å²) in [6, 6.07) is 0. The van der Waals surface area contributed by atoms with Gasteiger partial charge < -0.3 is 0 Å². The van der Waals surface area contributed by atoms with Crippen LogP contribution in [-0.4, -0.2) is 20.7 Å². The lowest BCUT2D eigenvalue weighted by molar-refractivity contribution is 0.451. The molecule has 2 N–H and O–H groups in total. The molecule has 0 aromatic carbocycles. The first-order valence-electron chi connectivity index (χ1n) is 1.60. The lowest BCUT2D eigenvalue weighted by atomic mass is 13.0. The molecule has 10 heteroatoms. The van der Waals surface area contributed by atoms with E-state index in [1.54, 1.807) is 0 Å². The van der Waals surface area contributed by atoms with E-state index in [4.69, 9.17) is 0 Å². The molecule has 0 radical (unpaired) electrons. The standard InChI is InChI=1S/F2H2N2O4S2/c1-9(5,6)4(3)10(2,7)8/h3H2. The van der Waals surface area contributed by atoms with E-state index >= 15 is 0 Å². The van der Waals surface area contributed by atoms with Crippen molar-refractivity contribution < 1.29 is 24.6 Å². The molecule has 0 aliphatic rings. The third-order valence-corrected chi connectivity index (χ3v) is 2.36. The zero-order valence-electron chi connectivity index (χ0n) is 4.23. The van der Waals surface area contributed by atoms with E-state index in [9.17, 15) is 24.6 Å². The number of nitrogens with zero attached hydrogens (tertiary/aromatic N) is 1. The fourth-order valence-electron chi connectivity index (χ4n) is 0.106. The van der Waals surface area contributed by atoms with E-state index in [1.165, 1.54) is 0 Å². The van der Waals surface area contributed by atoms with Crippen LogP contribution in [0, 0.1) is 0 Å². The molecule has 6 nitrogen and oxygen atoms in total. The van der Waals surface area contributed by atoms with Gasteiger partial charge in [0.2, 0.25) is 0 Å². The van der Waals surface area contributed by atoms with E-state index < -0.39 is 24.6 Å². The molecule has 0 aromatic heterocycles. The van der Waals surface area contributed by atoms with Gasteiger partial charge in [-0.2, -0.15) is 16.8 Å². The minimum atomic E-state index is -5.71. The molecule has 0 spiro atoms. The van der Waals surface area contributed by atoms with Crippen molar-refractivity contribution in [3.63, 3.8) is 0 Å². The van der Waals surface area contributed by atoms with Crippen molar-refractivity contribution in [3.05, 3.63) is 0 Å². The summed E-state index contributed by atoms with van der Waals surface area (Å²) in [5.74, 6) is 3.94. The summed E-state index contributed by atoms with van der Waals surface area (Å²) in [5.41, 5.74) is 0. The smallest absolute Gasteiger partial charge is 0.236 e. The van der Waals surface area contributed by atoms with Crippen LogP contribution in [0.15, 0.2) is 0 Å². The Bertz CT molecular complexity index is 268. The molecule has 0 aliphatic carbocycles. The van der Waals surface area contributed by atoms with E-state index in [2.05, 4.69) is 5.84 Å². The van der Waals surface area contributed by atoms with Gasteiger partial charge in [-0.25, -0.2) is 5.84 Å². The van der Waals surface area contributed by atoms with Gasteiger partial charge in [0.05, 0.1) is 0 Å². The number of hydrazine groups is 1. The molecule has 0 aliphatic heterocycles. The summed E-state index contributed by atoms with van der Waals surface area (Å²) >= 11 is 0. The van der Waals surface area contributed by atoms with Gasteiger partial charge in [0, 0.05) is 3.82 Å². The Hall–Kier alpha value is -0.320. The van der Waals surface area contributed by atoms with Crippen LogP contribution < -0.4 is 5.84 Å². The topological polar surface area (TPSA) is 97.5 Å². The van der Waals surface area contributed by atoms with E-state index in [0.717, 1.165) is 0 Å². The van der Waals surface area contributed by atoms with E-state index in [0.29, 0.717) is 0 Å². The lowest BCUT2D eigenvalue weighted by Crippen LogP contribution is -2.37. The monoisotopic (exact) mass is 196 g/mol. The maximum Gasteiger partial charge on any atom is 0.403 e. The normalized spacial score (nSPS) is 14.0. The molecular weight excluding hydrogens is 194 g/mol. The quantitative estimate of drug-likeness (QED) is 0.332. The molecule has 0 rings (SSSR count). The molecule has 0 aromatic rings. The Balaban J connectivity index is 4.94. The third-order valence-electron chi connectivity index (χ3n) is 0.430. The second-order valence-electron chi connectivity index (χ2n) is 1.11. The van der Waals surface area contributed by atoms with E-state index in [1.807, 2.05) is 0 Å². The summed E-state index contributed by atoms with van der Waals surface area (Å²) < 4.78 is 59.3. The Morgan fingerprint density at radius 1 is 1.00 bits per heavy atom. The van der Waals surface area contributed by atoms with Crippen LogP contribution in [-0.2, 0) is 20.8 Å². The van der Waals surface area contributed by atoms with Crippen molar-refractivity contribution in [1.29, 1.82) is 0 Å². The maximum absolute atomic E-state index is 11.4. The van der Waals surface area contributed by atoms with Crippen molar-refractivity contribution in [2.75, 3.05) is 0 Å². The predicted molar refractivity (Wildman–Crippen MR) is 26.1 cm³/mol. The van der Waals surface area contributed by atoms with Gasteiger partial charge in [-0.3, -0.25) is 0 Å². The van der Waals surface area contributed by atoms with Crippen LogP contribution in [0.25, 0.3) is 0 Å². The van der Waals surface area contributed by atoms with Crippen molar-refractivity contribution in [3.8, 4) is 0 Å². The number of hydrogen-bond acceptors (Lipinski definition) is 5. The van der Waals surface area contributed by atoms with Gasteiger partial charge in [0.25, 0.3) is 0 Å². The largest absolute Gasteiger partial charge is 0.403 e. The fraction of sp³-hybridized carbons (Fsp3) is 0. The average Bonchev–Trinajstić information content (AvgIpc) is 1.59. The highest BCUT2D eigenvalue weighted by atomic mass is 32.3. The summed E-state index contributed by atoms with van der Waals surface area (Å²) in [6.07, 6.45) is 0. The Kier molecular flexibility index (Phi) is 2.30. The first-order chi connectivity index (χ1) is 4.15. The molecule has 0 fully saturated rings. The molecule has 10 heavy (non-hydrogen) atoms. The second-order valence-corrected chi connectivity index (χ2v) is 3.78. The second kappa shape index (κ2) is 2.38. The molecule has 0 atom stereocenters. The molecule has 0 saturated carbocycles. The van der Waals surface area contributed by atoms with E-state index in [-0.39, 0.29) is 0 Å². The zero-order valence-corrected chi connectivity index (χ0v) is 5.86. The maximum atomic E-state index is 11.4. The number of hydrogen-bond donors (Lipinski definition) is 1. The minimum absolute atomic E-state index is 1.51. The van der Waals surface area contributed by atoms with Crippen molar-refractivity contribution >= 4 is 20.8 Å². The molecular formula is H2F2N2O4S2. The summed E-state index contributed by atoms with van der Waals surface area (Å²) in [6.45, 7) is 0. The van der Waals surface area contributed by atoms with Crippen LogP contribution in [0.3, 0.4) is 0 Å². The van der Waals surface area contributed by atoms with Crippen LogP contribution >= 0.6 is 0 Å². The van der Waals surface area contributed by atoms with Gasteiger partial charge in [-0.05, 0) is 0 Å². The minimum Gasteiger partial charge on any atom is -0.236 e. The zero-order chi connectivity index (χ0) is 8.58. The van der Waals surface area contributed by atoms with Gasteiger partial charge in [0.15, 0.2) is 0 Å². The van der Waals surface area contributed by atoms with Crippen LogP contribution in [0.5, 0.6) is 0 Å². The van der Waals surface area contributed by atoms with Crippen molar-refractivity contribution in [2.24, 2.45) is 5.84 Å². The van der Waals surface area contributed by atoms with Gasteiger partial charge >= 0.3 is 20.8 Å². The molecule has 0 heterocycles. The van der Waals surface area contributed by atoms with Gasteiger partial charge in [0.1, 0.15) is 0 Å². The van der Waals surface area contributed by atoms with Crippen molar-refractivity contribution in [2.45, 2.75) is 0 Å². The molecule has 62 valence electrons. The number of halogens is 2. The molecule has 0 amide bonds. The lowest BCUT2D eigenvalue weighted by Gasteiger charge is -2.01. The Morgan fingerprint density at radius 2 is 1.20 bits per heavy atom. The SMILES string of the molecule is NN(S(=O)(=O)F)S(=O)(=O)F. The highest BCUT2D eigenvalue weighted by Crippen LogP contribution is 2.04.